The van der Waals surface area contributed by atoms with Crippen LogP contribution in [-0.2, 0) is 4.79 Å². The average molecular weight is 206 g/mol. The zero-order valence-electron chi connectivity index (χ0n) is 9.58. The van der Waals surface area contributed by atoms with Crippen molar-refractivity contribution in [3.63, 3.8) is 0 Å². The van der Waals surface area contributed by atoms with E-state index >= 15 is 0 Å². The van der Waals surface area contributed by atoms with Gasteiger partial charge in [0.25, 0.3) is 0 Å². The van der Waals surface area contributed by atoms with Gasteiger partial charge in [0.15, 0.2) is 5.78 Å². The van der Waals surface area contributed by atoms with Crippen LogP contribution in [0.4, 0.5) is 0 Å². The summed E-state index contributed by atoms with van der Waals surface area (Å²) in [5.41, 5.74) is 0. The smallest absolute Gasteiger partial charge is 0.158 e. The minimum Gasteiger partial charge on any atom is -0.295 e. The van der Waals surface area contributed by atoms with Crippen molar-refractivity contribution < 1.29 is 4.79 Å². The van der Waals surface area contributed by atoms with Gasteiger partial charge in [0.1, 0.15) is 0 Å². The summed E-state index contributed by atoms with van der Waals surface area (Å²) in [6, 6.07) is 0. The van der Waals surface area contributed by atoms with Gasteiger partial charge in [-0.05, 0) is 37.7 Å². The largest absolute Gasteiger partial charge is 0.295 e. The molecule has 15 heavy (non-hydrogen) atoms. The van der Waals surface area contributed by atoms with Gasteiger partial charge in [-0.1, -0.05) is 38.2 Å². The van der Waals surface area contributed by atoms with Crippen molar-refractivity contribution in [2.24, 2.45) is 11.8 Å². The predicted octanol–water partition coefficient (Wildman–Crippen LogP) is 3.88. The van der Waals surface area contributed by atoms with Crippen molar-refractivity contribution in [3.8, 4) is 0 Å². The number of hydrogen-bond donors (Lipinski definition) is 0. The second-order valence-corrected chi connectivity index (χ2v) is 5.11. The van der Waals surface area contributed by atoms with Crippen molar-refractivity contribution in [2.75, 3.05) is 0 Å². The highest BCUT2D eigenvalue weighted by Crippen LogP contribution is 2.43. The third-order valence-electron chi connectivity index (χ3n) is 3.77. The van der Waals surface area contributed by atoms with Gasteiger partial charge in [0, 0.05) is 5.92 Å². The number of carbonyl (C=O) groups is 1. The molecule has 1 heteroatoms. The zero-order chi connectivity index (χ0) is 10.5. The monoisotopic (exact) mass is 206 g/mol. The first-order chi connectivity index (χ1) is 7.38. The van der Waals surface area contributed by atoms with Gasteiger partial charge in [-0.3, -0.25) is 4.79 Å². The zero-order valence-corrected chi connectivity index (χ0v) is 9.58. The summed E-state index contributed by atoms with van der Waals surface area (Å²) in [7, 11) is 0. The highest BCUT2D eigenvalue weighted by Gasteiger charge is 2.40. The van der Waals surface area contributed by atoms with E-state index in [4.69, 9.17) is 0 Å². The van der Waals surface area contributed by atoms with Crippen LogP contribution in [0, 0.1) is 11.8 Å². The second-order valence-electron chi connectivity index (χ2n) is 5.11. The topological polar surface area (TPSA) is 17.1 Å². The van der Waals surface area contributed by atoms with E-state index in [1.807, 2.05) is 6.08 Å². The average Bonchev–Trinajstić information content (AvgIpc) is 2.99. The van der Waals surface area contributed by atoms with Crippen LogP contribution in [0.25, 0.3) is 0 Å². The lowest BCUT2D eigenvalue weighted by Gasteiger charge is -2.00. The molecule has 0 aromatic heterocycles. The fourth-order valence-corrected chi connectivity index (χ4v) is 2.61. The fourth-order valence-electron chi connectivity index (χ4n) is 2.61. The standard InChI is InChI=1S/C14H22O/c15-14-10-8-6-4-2-1-3-5-7-9-12-11-13(12)14/h8,10,12-13H,1-7,9,11H2/b10-8+/t12-,13+/m1/s1. The van der Waals surface area contributed by atoms with E-state index in [0.717, 1.165) is 12.3 Å². The Morgan fingerprint density at radius 3 is 2.60 bits per heavy atom. The normalized spacial score (nSPS) is 35.6. The highest BCUT2D eigenvalue weighted by molar-refractivity contribution is 5.93. The van der Waals surface area contributed by atoms with E-state index in [9.17, 15) is 4.79 Å². The molecule has 0 saturated heterocycles. The van der Waals surface area contributed by atoms with Crippen LogP contribution in [0.5, 0.6) is 0 Å². The first-order valence-electron chi connectivity index (χ1n) is 6.58. The SMILES string of the molecule is O=C1/C=C/CCCCCCCC[C@@H]2C[C@H]12. The van der Waals surface area contributed by atoms with E-state index in [1.165, 1.54) is 51.4 Å². The minimum absolute atomic E-state index is 0.402. The van der Waals surface area contributed by atoms with Gasteiger partial charge in [-0.25, -0.2) is 0 Å². The molecule has 0 aromatic carbocycles. The van der Waals surface area contributed by atoms with E-state index in [0.29, 0.717) is 11.7 Å². The Morgan fingerprint density at radius 1 is 1.00 bits per heavy atom. The van der Waals surface area contributed by atoms with Crippen LogP contribution < -0.4 is 0 Å². The third kappa shape index (κ3) is 3.48. The first-order valence-corrected chi connectivity index (χ1v) is 6.58. The number of carbonyl (C=O) groups excluding carboxylic acids is 1. The van der Waals surface area contributed by atoms with Crippen molar-refractivity contribution in [1.82, 2.24) is 0 Å². The Kier molecular flexibility index (Phi) is 3.99. The molecule has 0 aromatic rings. The lowest BCUT2D eigenvalue weighted by atomic mass is 10.1. The Balaban J connectivity index is 1.82. The molecule has 0 N–H and O–H groups in total. The number of allylic oxidation sites excluding steroid dienone is 2. The summed E-state index contributed by atoms with van der Waals surface area (Å²) >= 11 is 0. The highest BCUT2D eigenvalue weighted by atomic mass is 16.1. The molecule has 0 aliphatic heterocycles. The summed E-state index contributed by atoms with van der Waals surface area (Å²) in [6.45, 7) is 0. The Labute approximate surface area is 92.9 Å². The minimum atomic E-state index is 0.402. The quantitative estimate of drug-likeness (QED) is 0.588. The third-order valence-corrected chi connectivity index (χ3v) is 3.77. The summed E-state index contributed by atoms with van der Waals surface area (Å²) in [5, 5.41) is 0. The molecule has 1 saturated carbocycles. The van der Waals surface area contributed by atoms with Crippen molar-refractivity contribution in [1.29, 1.82) is 0 Å². The van der Waals surface area contributed by atoms with Crippen LogP contribution in [0.15, 0.2) is 12.2 Å². The number of ketones is 1. The van der Waals surface area contributed by atoms with E-state index in [-0.39, 0.29) is 0 Å². The van der Waals surface area contributed by atoms with E-state index in [2.05, 4.69) is 6.08 Å². The Bertz CT molecular complexity index is 242. The molecule has 0 radical (unpaired) electrons. The number of rotatable bonds is 0. The van der Waals surface area contributed by atoms with Gasteiger partial charge >= 0.3 is 0 Å². The molecular weight excluding hydrogens is 184 g/mol. The molecule has 0 bridgehead atoms. The van der Waals surface area contributed by atoms with Crippen LogP contribution in [0.1, 0.15) is 57.8 Å². The van der Waals surface area contributed by atoms with Crippen LogP contribution in [-0.4, -0.2) is 5.78 Å². The Morgan fingerprint density at radius 2 is 1.73 bits per heavy atom. The molecule has 0 spiro atoms. The number of fused-ring (bicyclic) bond motifs is 1. The van der Waals surface area contributed by atoms with Crippen molar-refractivity contribution in [2.45, 2.75) is 57.8 Å². The molecule has 0 heterocycles. The predicted molar refractivity (Wildman–Crippen MR) is 62.7 cm³/mol. The molecule has 2 aliphatic rings. The number of hydrogen-bond acceptors (Lipinski definition) is 1. The summed E-state index contributed by atoms with van der Waals surface area (Å²) < 4.78 is 0. The first kappa shape index (κ1) is 10.9. The molecular formula is C14H22O. The maximum Gasteiger partial charge on any atom is 0.158 e. The maximum atomic E-state index is 11.7. The van der Waals surface area contributed by atoms with E-state index in [1.54, 1.807) is 0 Å². The summed E-state index contributed by atoms with van der Waals surface area (Å²) in [5.74, 6) is 1.55. The van der Waals surface area contributed by atoms with Crippen molar-refractivity contribution >= 4 is 5.78 Å². The van der Waals surface area contributed by atoms with Crippen LogP contribution in [0.3, 0.4) is 0 Å². The molecule has 0 unspecified atom stereocenters. The molecule has 2 atom stereocenters. The molecule has 2 rings (SSSR count). The van der Waals surface area contributed by atoms with Gasteiger partial charge in [-0.15, -0.1) is 0 Å². The maximum absolute atomic E-state index is 11.7. The molecule has 0 amide bonds. The lowest BCUT2D eigenvalue weighted by molar-refractivity contribution is -0.116. The van der Waals surface area contributed by atoms with E-state index < -0.39 is 0 Å². The van der Waals surface area contributed by atoms with Gasteiger partial charge < -0.3 is 0 Å². The van der Waals surface area contributed by atoms with Gasteiger partial charge in [0.05, 0.1) is 0 Å². The molecule has 84 valence electrons. The molecule has 2 aliphatic carbocycles. The lowest BCUT2D eigenvalue weighted by Crippen LogP contribution is -1.97. The molecule has 1 fully saturated rings. The van der Waals surface area contributed by atoms with Gasteiger partial charge in [-0.2, -0.15) is 0 Å². The summed E-state index contributed by atoms with van der Waals surface area (Å²) in [4.78, 5) is 11.7. The molecule has 1 nitrogen and oxygen atoms in total. The van der Waals surface area contributed by atoms with Gasteiger partial charge in [0.2, 0.25) is 0 Å². The summed E-state index contributed by atoms with van der Waals surface area (Å²) in [6.07, 6.45) is 15.6. The van der Waals surface area contributed by atoms with Crippen LogP contribution in [0.2, 0.25) is 0 Å². The second kappa shape index (κ2) is 5.48. The Hall–Kier alpha value is -0.590. The van der Waals surface area contributed by atoms with Crippen molar-refractivity contribution in [3.05, 3.63) is 12.2 Å². The van der Waals surface area contributed by atoms with Crippen LogP contribution >= 0.6 is 0 Å². The fraction of sp³-hybridized carbons (Fsp3) is 0.786.